The van der Waals surface area contributed by atoms with Gasteiger partial charge in [-0.25, -0.2) is 4.39 Å². The summed E-state index contributed by atoms with van der Waals surface area (Å²) in [7, 11) is 0. The molecule has 4 heteroatoms. The van der Waals surface area contributed by atoms with Crippen LogP contribution in [-0.2, 0) is 16.1 Å². The van der Waals surface area contributed by atoms with Crippen molar-refractivity contribution in [3.8, 4) is 0 Å². The lowest BCUT2D eigenvalue weighted by atomic mass is 10.1. The van der Waals surface area contributed by atoms with Gasteiger partial charge in [0, 0.05) is 12.6 Å². The topological polar surface area (TPSA) is 38.3 Å². The first-order chi connectivity index (χ1) is 8.65. The number of carbonyl (C=O) groups is 1. The molecule has 1 atom stereocenters. The predicted octanol–water partition coefficient (Wildman–Crippen LogP) is 2.65. The summed E-state index contributed by atoms with van der Waals surface area (Å²) in [4.78, 5) is 11.4. The van der Waals surface area contributed by atoms with E-state index in [-0.39, 0.29) is 17.8 Å². The Morgan fingerprint density at radius 1 is 1.33 bits per heavy atom. The SMILES string of the molecule is CCOC(=O)CC(CC)NCc1ccc(F)cc1. The summed E-state index contributed by atoms with van der Waals surface area (Å²) >= 11 is 0. The van der Waals surface area contributed by atoms with Gasteiger partial charge in [0.15, 0.2) is 0 Å². The highest BCUT2D eigenvalue weighted by atomic mass is 19.1. The van der Waals surface area contributed by atoms with E-state index >= 15 is 0 Å². The van der Waals surface area contributed by atoms with Crippen molar-refractivity contribution in [2.75, 3.05) is 6.61 Å². The molecule has 0 aliphatic rings. The van der Waals surface area contributed by atoms with Crippen LogP contribution in [0.5, 0.6) is 0 Å². The zero-order valence-electron chi connectivity index (χ0n) is 10.9. The highest BCUT2D eigenvalue weighted by molar-refractivity contribution is 5.70. The van der Waals surface area contributed by atoms with Crippen LogP contribution in [0.2, 0.25) is 0 Å². The molecule has 1 N–H and O–H groups in total. The van der Waals surface area contributed by atoms with E-state index in [4.69, 9.17) is 4.74 Å². The molecule has 100 valence electrons. The summed E-state index contributed by atoms with van der Waals surface area (Å²) in [5.41, 5.74) is 0.999. The van der Waals surface area contributed by atoms with Crippen molar-refractivity contribution in [3.05, 3.63) is 35.6 Å². The molecule has 0 amide bonds. The molecule has 1 rings (SSSR count). The number of halogens is 1. The van der Waals surface area contributed by atoms with E-state index in [9.17, 15) is 9.18 Å². The summed E-state index contributed by atoms with van der Waals surface area (Å²) < 4.78 is 17.6. The largest absolute Gasteiger partial charge is 0.466 e. The number of hydrogen-bond acceptors (Lipinski definition) is 3. The van der Waals surface area contributed by atoms with Crippen molar-refractivity contribution in [2.45, 2.75) is 39.3 Å². The third-order valence-corrected chi connectivity index (χ3v) is 2.72. The van der Waals surface area contributed by atoms with Crippen LogP contribution in [0.4, 0.5) is 4.39 Å². The lowest BCUT2D eigenvalue weighted by Gasteiger charge is -2.16. The summed E-state index contributed by atoms with van der Waals surface area (Å²) in [5.74, 6) is -0.423. The highest BCUT2D eigenvalue weighted by Crippen LogP contribution is 2.05. The van der Waals surface area contributed by atoms with Gasteiger partial charge in [-0.1, -0.05) is 19.1 Å². The molecule has 0 heterocycles. The normalized spacial score (nSPS) is 12.2. The van der Waals surface area contributed by atoms with Crippen LogP contribution in [0.25, 0.3) is 0 Å². The lowest BCUT2D eigenvalue weighted by Crippen LogP contribution is -2.31. The van der Waals surface area contributed by atoms with Crippen molar-refractivity contribution < 1.29 is 13.9 Å². The van der Waals surface area contributed by atoms with Crippen LogP contribution < -0.4 is 5.32 Å². The van der Waals surface area contributed by atoms with Crippen LogP contribution in [0.15, 0.2) is 24.3 Å². The molecule has 18 heavy (non-hydrogen) atoms. The standard InChI is InChI=1S/C14H20FNO2/c1-3-13(9-14(17)18-4-2)16-10-11-5-7-12(15)8-6-11/h5-8,13,16H,3-4,9-10H2,1-2H3. The van der Waals surface area contributed by atoms with Crippen LogP contribution in [-0.4, -0.2) is 18.6 Å². The van der Waals surface area contributed by atoms with E-state index in [1.165, 1.54) is 12.1 Å². The van der Waals surface area contributed by atoms with Gasteiger partial charge in [0.2, 0.25) is 0 Å². The Balaban J connectivity index is 2.39. The fourth-order valence-corrected chi connectivity index (χ4v) is 1.65. The molecule has 0 aliphatic heterocycles. The van der Waals surface area contributed by atoms with Gasteiger partial charge in [-0.3, -0.25) is 4.79 Å². The molecule has 0 fully saturated rings. The molecule has 0 saturated heterocycles. The Labute approximate surface area is 107 Å². The lowest BCUT2D eigenvalue weighted by molar-refractivity contribution is -0.143. The summed E-state index contributed by atoms with van der Waals surface area (Å²) in [6.45, 7) is 4.85. The van der Waals surface area contributed by atoms with E-state index in [0.717, 1.165) is 12.0 Å². The molecule has 1 unspecified atom stereocenters. The van der Waals surface area contributed by atoms with Gasteiger partial charge >= 0.3 is 5.97 Å². The minimum absolute atomic E-state index is 0.0918. The van der Waals surface area contributed by atoms with Crippen molar-refractivity contribution in [1.82, 2.24) is 5.32 Å². The summed E-state index contributed by atoms with van der Waals surface area (Å²) in [5, 5.41) is 3.27. The number of esters is 1. The van der Waals surface area contributed by atoms with Crippen molar-refractivity contribution in [1.29, 1.82) is 0 Å². The first-order valence-corrected chi connectivity index (χ1v) is 6.29. The second kappa shape index (κ2) is 7.82. The number of carbonyl (C=O) groups excluding carboxylic acids is 1. The molecule has 1 aromatic carbocycles. The van der Waals surface area contributed by atoms with Crippen molar-refractivity contribution in [3.63, 3.8) is 0 Å². The fraction of sp³-hybridized carbons (Fsp3) is 0.500. The average Bonchev–Trinajstić information content (AvgIpc) is 2.36. The molecular weight excluding hydrogens is 233 g/mol. The first kappa shape index (κ1) is 14.6. The molecule has 1 aromatic rings. The second-order valence-corrected chi connectivity index (χ2v) is 4.12. The molecule has 0 radical (unpaired) electrons. The van der Waals surface area contributed by atoms with Crippen molar-refractivity contribution >= 4 is 5.97 Å². The van der Waals surface area contributed by atoms with E-state index in [1.54, 1.807) is 19.1 Å². The second-order valence-electron chi connectivity index (χ2n) is 4.12. The number of benzene rings is 1. The Morgan fingerprint density at radius 3 is 2.56 bits per heavy atom. The van der Waals surface area contributed by atoms with Gasteiger partial charge in [0.05, 0.1) is 13.0 Å². The molecule has 0 aromatic heterocycles. The molecule has 0 aliphatic carbocycles. The van der Waals surface area contributed by atoms with Crippen LogP contribution >= 0.6 is 0 Å². The van der Waals surface area contributed by atoms with E-state index in [0.29, 0.717) is 19.6 Å². The first-order valence-electron chi connectivity index (χ1n) is 6.29. The third kappa shape index (κ3) is 5.27. The Bertz CT molecular complexity index is 365. The smallest absolute Gasteiger partial charge is 0.307 e. The number of hydrogen-bond donors (Lipinski definition) is 1. The van der Waals surface area contributed by atoms with Gasteiger partial charge in [-0.05, 0) is 31.0 Å². The van der Waals surface area contributed by atoms with E-state index in [1.807, 2.05) is 6.92 Å². The van der Waals surface area contributed by atoms with Crippen molar-refractivity contribution in [2.24, 2.45) is 0 Å². The minimum Gasteiger partial charge on any atom is -0.466 e. The zero-order chi connectivity index (χ0) is 13.4. The maximum absolute atomic E-state index is 12.7. The van der Waals surface area contributed by atoms with Gasteiger partial charge in [0.1, 0.15) is 5.82 Å². The van der Waals surface area contributed by atoms with Crippen LogP contribution in [0.3, 0.4) is 0 Å². The zero-order valence-corrected chi connectivity index (χ0v) is 10.9. The number of rotatable bonds is 7. The van der Waals surface area contributed by atoms with Gasteiger partial charge in [-0.15, -0.1) is 0 Å². The molecule has 0 spiro atoms. The average molecular weight is 253 g/mol. The predicted molar refractivity (Wildman–Crippen MR) is 68.6 cm³/mol. The summed E-state index contributed by atoms with van der Waals surface area (Å²) in [6.07, 6.45) is 1.21. The fourth-order valence-electron chi connectivity index (χ4n) is 1.65. The Hall–Kier alpha value is -1.42. The molecule has 0 bridgehead atoms. The Morgan fingerprint density at radius 2 is 2.00 bits per heavy atom. The maximum atomic E-state index is 12.7. The molecule has 3 nitrogen and oxygen atoms in total. The van der Waals surface area contributed by atoms with Gasteiger partial charge in [-0.2, -0.15) is 0 Å². The third-order valence-electron chi connectivity index (χ3n) is 2.72. The van der Waals surface area contributed by atoms with Crippen LogP contribution in [0, 0.1) is 5.82 Å². The highest BCUT2D eigenvalue weighted by Gasteiger charge is 2.12. The monoisotopic (exact) mass is 253 g/mol. The number of nitrogens with one attached hydrogen (secondary N) is 1. The molecule has 0 saturated carbocycles. The van der Waals surface area contributed by atoms with E-state index < -0.39 is 0 Å². The number of ether oxygens (including phenoxy) is 1. The maximum Gasteiger partial charge on any atom is 0.307 e. The van der Waals surface area contributed by atoms with Crippen LogP contribution in [0.1, 0.15) is 32.3 Å². The van der Waals surface area contributed by atoms with Gasteiger partial charge in [0.25, 0.3) is 0 Å². The van der Waals surface area contributed by atoms with Gasteiger partial charge < -0.3 is 10.1 Å². The quantitative estimate of drug-likeness (QED) is 0.759. The summed E-state index contributed by atoms with van der Waals surface area (Å²) in [6, 6.07) is 6.43. The molecular formula is C14H20FNO2. The minimum atomic E-state index is -0.239. The van der Waals surface area contributed by atoms with E-state index in [2.05, 4.69) is 5.32 Å². The Kier molecular flexibility index (Phi) is 6.36.